The number of benzene rings is 3. The maximum absolute atomic E-state index is 14.7. The lowest BCUT2D eigenvalue weighted by Crippen LogP contribution is -2.98. The van der Waals surface area contributed by atoms with Crippen LogP contribution in [0.4, 0.5) is 28.4 Å². The molecule has 4 fully saturated rings. The Labute approximate surface area is 409 Å². The normalized spacial score (nSPS) is 23.4. The Bertz CT molecular complexity index is 3030. The van der Waals surface area contributed by atoms with Crippen LogP contribution in [0.25, 0.3) is 22.1 Å². The molecule has 1 spiro atoms. The van der Waals surface area contributed by atoms with Gasteiger partial charge in [-0.3, -0.25) is 9.69 Å². The topological polar surface area (TPSA) is 199 Å². The van der Waals surface area contributed by atoms with E-state index in [0.29, 0.717) is 90.1 Å². The van der Waals surface area contributed by atoms with Gasteiger partial charge in [0, 0.05) is 55.1 Å². The summed E-state index contributed by atoms with van der Waals surface area (Å²) in [7, 11) is -3.20. The molecule has 2 saturated heterocycles. The van der Waals surface area contributed by atoms with Crippen LogP contribution in [-0.4, -0.2) is 102 Å². The quantitative estimate of drug-likeness (QED) is 0.0652. The van der Waals surface area contributed by atoms with E-state index in [9.17, 15) is 23.5 Å². The molecule has 3 aromatic heterocycles. The maximum atomic E-state index is 14.7. The summed E-state index contributed by atoms with van der Waals surface area (Å²) in [6.45, 7) is 10.6. The lowest BCUT2D eigenvalue weighted by molar-refractivity contribution is -0.750. The standard InChI is InChI=1S/C53H66N10O6S/c1-33(2)38-8-5-6-9-39(38)41-10-7-21-62(41)37-29-53(30-37)18-22-61(23-19-53)36-11-12-40(42(27-36)63-24-25-69-51-44(63)26-35-15-20-54-49(35)58-51)50(64)59-70(67,68)45-28-43(60(4)66)46(48-47(45)56-32-57-48)55-31-34-13-16-52(3,65)17-14-34/h5-6,8-9,11-12,15,20,26-28,32-34,37,41,55,60,65H,7,10,13-14,16-19,21-25,29-31H2,1-4H3,(H,54,58)(H,56,57)(H,59,64)/t34?,41-,52?/m0/s1. The highest BCUT2D eigenvalue weighted by Crippen LogP contribution is 2.54. The van der Waals surface area contributed by atoms with Crippen molar-refractivity contribution in [3.8, 4) is 5.88 Å². The summed E-state index contributed by atoms with van der Waals surface area (Å²) in [5, 5.41) is 27.7. The van der Waals surface area contributed by atoms with Gasteiger partial charge < -0.3 is 45.2 Å². The Morgan fingerprint density at radius 2 is 1.77 bits per heavy atom. The van der Waals surface area contributed by atoms with Gasteiger partial charge in [-0.1, -0.05) is 38.1 Å². The Hall–Kier alpha value is -5.72. The zero-order valence-corrected chi connectivity index (χ0v) is 41.5. The molecule has 0 bridgehead atoms. The highest BCUT2D eigenvalue weighted by atomic mass is 32.2. The fourth-order valence-corrected chi connectivity index (χ4v) is 13.6. The number of nitrogens with zero attached hydrogens (tertiary/aromatic N) is 5. The lowest BCUT2D eigenvalue weighted by Gasteiger charge is -2.56. The van der Waals surface area contributed by atoms with Crippen molar-refractivity contribution in [2.45, 2.75) is 113 Å². The number of aliphatic hydroxyl groups is 1. The van der Waals surface area contributed by atoms with Gasteiger partial charge in [-0.25, -0.2) is 18.1 Å². The largest absolute Gasteiger partial charge is 0.629 e. The summed E-state index contributed by atoms with van der Waals surface area (Å²) in [5.74, 6) is 0.360. The number of imidazole rings is 1. The van der Waals surface area contributed by atoms with Crippen LogP contribution in [0.2, 0.25) is 0 Å². The van der Waals surface area contributed by atoms with Crippen molar-refractivity contribution < 1.29 is 28.1 Å². The molecule has 3 aromatic carbocycles. The molecule has 1 unspecified atom stereocenters. The van der Waals surface area contributed by atoms with E-state index in [-0.39, 0.29) is 32.6 Å². The number of aromatic amines is 2. The van der Waals surface area contributed by atoms with Gasteiger partial charge >= 0.3 is 0 Å². The van der Waals surface area contributed by atoms with E-state index in [1.165, 1.54) is 56.3 Å². The molecular formula is C53H66N10O6S. The number of quaternary nitrogens is 1. The van der Waals surface area contributed by atoms with Gasteiger partial charge in [-0.05, 0) is 136 Å². The van der Waals surface area contributed by atoms with Gasteiger partial charge in [0.2, 0.25) is 5.88 Å². The molecule has 1 amide bonds. The van der Waals surface area contributed by atoms with Gasteiger partial charge in [0.25, 0.3) is 15.9 Å². The van der Waals surface area contributed by atoms with Crippen molar-refractivity contribution in [1.29, 1.82) is 0 Å². The van der Waals surface area contributed by atoms with Crippen LogP contribution >= 0.6 is 0 Å². The minimum Gasteiger partial charge on any atom is -0.629 e. The molecule has 6 aromatic rings. The van der Waals surface area contributed by atoms with Crippen LogP contribution in [0.3, 0.4) is 0 Å². The summed E-state index contributed by atoms with van der Waals surface area (Å²) in [5.41, 5.74) is 6.72. The molecule has 11 rings (SSSR count). The van der Waals surface area contributed by atoms with Crippen LogP contribution in [0.1, 0.15) is 118 Å². The molecule has 2 aliphatic carbocycles. The number of rotatable bonds is 12. The minimum absolute atomic E-state index is 0.107. The van der Waals surface area contributed by atoms with Crippen LogP contribution < -0.4 is 29.6 Å². The smallest absolute Gasteiger partial charge is 0.267 e. The van der Waals surface area contributed by atoms with E-state index in [4.69, 9.17) is 9.72 Å². The van der Waals surface area contributed by atoms with Crippen molar-refractivity contribution >= 4 is 66.4 Å². The first-order chi connectivity index (χ1) is 33.7. The van der Waals surface area contributed by atoms with Crippen molar-refractivity contribution in [3.63, 3.8) is 0 Å². The number of pyridine rings is 1. The van der Waals surface area contributed by atoms with E-state index in [1.54, 1.807) is 6.07 Å². The second kappa shape index (κ2) is 18.2. The molecule has 3 aliphatic heterocycles. The molecule has 2 atom stereocenters. The Kier molecular flexibility index (Phi) is 12.1. The number of fused-ring (bicyclic) bond motifs is 3. The van der Waals surface area contributed by atoms with Gasteiger partial charge in [-0.15, -0.1) is 0 Å². The number of ether oxygens (including phenoxy) is 1. The Morgan fingerprint density at radius 1 is 0.986 bits per heavy atom. The number of carbonyl (C=O) groups excluding carboxylic acids is 1. The molecule has 6 N–H and O–H groups in total. The third-order valence-electron chi connectivity index (χ3n) is 16.4. The average molecular weight is 971 g/mol. The van der Waals surface area contributed by atoms with Crippen LogP contribution in [0.5, 0.6) is 5.88 Å². The second-order valence-corrected chi connectivity index (χ2v) is 23.0. The van der Waals surface area contributed by atoms with Crippen LogP contribution in [0.15, 0.2) is 78.1 Å². The number of hydrogen-bond acceptors (Lipinski definition) is 12. The van der Waals surface area contributed by atoms with E-state index < -0.39 is 21.5 Å². The fraction of sp³-hybridized carbons (Fsp3) is 0.491. The number of amides is 1. The van der Waals surface area contributed by atoms with Gasteiger partial charge in [0.05, 0.1) is 42.3 Å². The maximum Gasteiger partial charge on any atom is 0.267 e. The number of piperidine rings is 1. The van der Waals surface area contributed by atoms with Crippen molar-refractivity contribution in [1.82, 2.24) is 29.6 Å². The zero-order chi connectivity index (χ0) is 48.5. The Balaban J connectivity index is 0.854. The molecule has 5 aliphatic rings. The lowest BCUT2D eigenvalue weighted by atomic mass is 9.59. The van der Waals surface area contributed by atoms with E-state index in [2.05, 4.69) is 72.9 Å². The highest BCUT2D eigenvalue weighted by molar-refractivity contribution is 7.90. The third-order valence-corrected chi connectivity index (χ3v) is 17.8. The monoisotopic (exact) mass is 970 g/mol. The number of sulfonamides is 1. The molecule has 6 heterocycles. The first-order valence-electron chi connectivity index (χ1n) is 25.3. The summed E-state index contributed by atoms with van der Waals surface area (Å²) in [6.07, 6.45) is 13.3. The number of nitrogens with one attached hydrogen (secondary N) is 5. The summed E-state index contributed by atoms with van der Waals surface area (Å²) in [6, 6.07) is 21.0. The van der Waals surface area contributed by atoms with E-state index in [1.807, 2.05) is 42.3 Å². The average Bonchev–Trinajstić information content (AvgIpc) is 4.14. The van der Waals surface area contributed by atoms with Crippen LogP contribution in [0, 0.1) is 16.5 Å². The van der Waals surface area contributed by atoms with Gasteiger partial charge in [0.15, 0.2) is 5.69 Å². The van der Waals surface area contributed by atoms with E-state index in [0.717, 1.165) is 56.4 Å². The van der Waals surface area contributed by atoms with Crippen molar-refractivity contribution in [2.75, 3.05) is 61.5 Å². The summed E-state index contributed by atoms with van der Waals surface area (Å²) >= 11 is 0. The van der Waals surface area contributed by atoms with Gasteiger partial charge in [-0.2, -0.15) is 4.98 Å². The molecule has 2 saturated carbocycles. The predicted molar refractivity (Wildman–Crippen MR) is 273 cm³/mol. The first-order valence-corrected chi connectivity index (χ1v) is 26.8. The predicted octanol–water partition coefficient (Wildman–Crippen LogP) is 7.80. The SMILES string of the molecule is CC(C)c1ccccc1[C@@H]1CCCN1C1CC2(CCN(c3ccc(C(=O)NS(=O)(=O)c4cc([NH+](C)[O-])c(NCC5CCC(C)(O)CC5)c5[nH]cnc45)c(N4CCOc5nc6[nH]ccc6cc54)c3)CC2)C1. The molecule has 70 heavy (non-hydrogen) atoms. The van der Waals surface area contributed by atoms with E-state index >= 15 is 0 Å². The number of carbonyl (C=O) groups is 1. The third kappa shape index (κ3) is 8.67. The van der Waals surface area contributed by atoms with Crippen molar-refractivity contribution in [2.24, 2.45) is 11.3 Å². The highest BCUT2D eigenvalue weighted by Gasteiger charge is 2.50. The zero-order valence-electron chi connectivity index (χ0n) is 40.7. The fourth-order valence-electron chi connectivity index (χ4n) is 12.4. The molecule has 16 nitrogen and oxygen atoms in total. The second-order valence-electron chi connectivity index (χ2n) is 21.4. The number of anilines is 4. The summed E-state index contributed by atoms with van der Waals surface area (Å²) in [4.78, 5) is 37.0. The molecule has 17 heteroatoms. The Morgan fingerprint density at radius 3 is 2.54 bits per heavy atom. The molecular weight excluding hydrogens is 905 g/mol. The molecule has 0 radical (unpaired) electrons. The number of hydroxylamine groups is 1. The minimum atomic E-state index is -4.59. The summed E-state index contributed by atoms with van der Waals surface area (Å²) < 4.78 is 37.5. The number of aromatic nitrogens is 4. The number of hydrogen-bond donors (Lipinski definition) is 6. The van der Waals surface area contributed by atoms with Crippen LogP contribution in [-0.2, 0) is 10.0 Å². The number of likely N-dealkylation sites (tertiary alicyclic amines) is 1. The first kappa shape index (κ1) is 46.7. The molecule has 370 valence electrons. The van der Waals surface area contributed by atoms with Crippen molar-refractivity contribution in [3.05, 3.63) is 95.1 Å². The number of H-pyrrole nitrogens is 2. The van der Waals surface area contributed by atoms with Gasteiger partial charge in [0.1, 0.15) is 34.0 Å².